The molecule has 3 N–H and O–H groups in total. The van der Waals surface area contributed by atoms with Crippen LogP contribution in [0, 0.1) is 6.92 Å². The van der Waals surface area contributed by atoms with Crippen molar-refractivity contribution >= 4 is 36.4 Å². The molecule has 1 fully saturated rings. The van der Waals surface area contributed by atoms with Gasteiger partial charge in [-0.05, 0) is 31.0 Å². The second-order valence-electron chi connectivity index (χ2n) is 9.99. The normalized spacial score (nSPS) is 16.4. The van der Waals surface area contributed by atoms with Crippen molar-refractivity contribution in [2.24, 2.45) is 0 Å². The second kappa shape index (κ2) is 10.3. The summed E-state index contributed by atoms with van der Waals surface area (Å²) in [5, 5.41) is 7.14. The molecule has 1 saturated heterocycles. The molecule has 0 radical (unpaired) electrons. The van der Waals surface area contributed by atoms with E-state index in [0.29, 0.717) is 31.0 Å². The van der Waals surface area contributed by atoms with Crippen LogP contribution in [0.4, 0.5) is 11.6 Å². The van der Waals surface area contributed by atoms with Crippen LogP contribution in [0.15, 0.2) is 23.0 Å². The summed E-state index contributed by atoms with van der Waals surface area (Å²) in [6.45, 7) is 11.4. The SMILES string of the molecule is CC(=O)Nc1cc(-c2nc(N3CCCS3(O)O)c(-c3ncn(COCC[Si](C)(C)C)n3)o2)c(C)cn1. The molecule has 36 heavy (non-hydrogen) atoms. The number of oxazole rings is 1. The van der Waals surface area contributed by atoms with Gasteiger partial charge in [0.25, 0.3) is 0 Å². The number of ether oxygens (including phenoxy) is 1. The van der Waals surface area contributed by atoms with E-state index in [0.717, 1.165) is 11.6 Å². The van der Waals surface area contributed by atoms with Crippen molar-refractivity contribution in [1.29, 1.82) is 0 Å². The van der Waals surface area contributed by atoms with Crippen molar-refractivity contribution in [2.75, 3.05) is 28.5 Å². The third kappa shape index (κ3) is 6.12. The van der Waals surface area contributed by atoms with E-state index in [4.69, 9.17) is 9.15 Å². The molecule has 1 aliphatic heterocycles. The van der Waals surface area contributed by atoms with E-state index >= 15 is 0 Å². The molecule has 14 heteroatoms. The zero-order valence-electron chi connectivity index (χ0n) is 21.2. The predicted octanol–water partition coefficient (Wildman–Crippen LogP) is 4.45. The van der Waals surface area contributed by atoms with E-state index in [1.807, 2.05) is 6.92 Å². The van der Waals surface area contributed by atoms with Gasteiger partial charge >= 0.3 is 0 Å². The number of pyridine rings is 1. The molecule has 0 bridgehead atoms. The van der Waals surface area contributed by atoms with E-state index in [-0.39, 0.29) is 41.7 Å². The summed E-state index contributed by atoms with van der Waals surface area (Å²) in [5.41, 5.74) is 1.37. The molecule has 196 valence electrons. The fourth-order valence-electron chi connectivity index (χ4n) is 3.64. The summed E-state index contributed by atoms with van der Waals surface area (Å²) < 4.78 is 36.2. The van der Waals surface area contributed by atoms with Crippen LogP contribution in [0.3, 0.4) is 0 Å². The molecule has 3 aromatic rings. The van der Waals surface area contributed by atoms with Gasteiger partial charge < -0.3 is 14.5 Å². The maximum atomic E-state index is 11.5. The molecule has 3 aromatic heterocycles. The van der Waals surface area contributed by atoms with Crippen LogP contribution in [0.5, 0.6) is 0 Å². The zero-order chi connectivity index (χ0) is 26.1. The molecular formula is C22H33N7O5SSi. The maximum absolute atomic E-state index is 11.5. The van der Waals surface area contributed by atoms with Gasteiger partial charge in [0.05, 0.1) is 5.75 Å². The summed E-state index contributed by atoms with van der Waals surface area (Å²) in [5.74, 6) is 1.33. The highest BCUT2D eigenvalue weighted by Crippen LogP contribution is 2.53. The van der Waals surface area contributed by atoms with Crippen molar-refractivity contribution in [3.8, 4) is 23.0 Å². The van der Waals surface area contributed by atoms with Gasteiger partial charge in [-0.1, -0.05) is 19.6 Å². The van der Waals surface area contributed by atoms with Gasteiger partial charge in [-0.3, -0.25) is 18.2 Å². The highest BCUT2D eigenvalue weighted by molar-refractivity contribution is 8.25. The standard InChI is InChI=1S/C22H33N7O5SSi/c1-15-12-23-18(25-16(2)30)11-17(15)22-26-21(29-7-6-9-35(29,31)32)19(34-22)20-24-13-28(27-20)14-33-8-10-36(3,4)5/h11-13,31-32H,6-10,14H2,1-5H3,(H,23,25,30). The highest BCUT2D eigenvalue weighted by atomic mass is 32.3. The van der Waals surface area contributed by atoms with E-state index < -0.39 is 18.8 Å². The Balaban J connectivity index is 1.67. The van der Waals surface area contributed by atoms with Crippen LogP contribution in [0.2, 0.25) is 25.7 Å². The third-order valence-electron chi connectivity index (χ3n) is 5.58. The average molecular weight is 536 g/mol. The highest BCUT2D eigenvalue weighted by Gasteiger charge is 2.35. The van der Waals surface area contributed by atoms with E-state index in [2.05, 4.69) is 45.0 Å². The van der Waals surface area contributed by atoms with Gasteiger partial charge in [-0.2, -0.15) is 4.98 Å². The van der Waals surface area contributed by atoms with Gasteiger partial charge in [-0.25, -0.2) is 14.6 Å². The first-order chi connectivity index (χ1) is 16.9. The Labute approximate surface area is 212 Å². The second-order valence-corrected chi connectivity index (χ2v) is 17.7. The first kappa shape index (κ1) is 26.3. The molecule has 0 aromatic carbocycles. The Bertz CT molecular complexity index is 1240. The Hall–Kier alpha value is -2.78. The number of hydrogen-bond acceptors (Lipinski definition) is 10. The largest absolute Gasteiger partial charge is 0.430 e. The van der Waals surface area contributed by atoms with Crippen molar-refractivity contribution in [1.82, 2.24) is 24.7 Å². The van der Waals surface area contributed by atoms with Crippen LogP contribution in [0.1, 0.15) is 18.9 Å². The molecule has 1 aliphatic rings. The quantitative estimate of drug-likeness (QED) is 0.265. The van der Waals surface area contributed by atoms with Crippen molar-refractivity contribution in [2.45, 2.75) is 52.7 Å². The lowest BCUT2D eigenvalue weighted by atomic mass is 10.1. The lowest BCUT2D eigenvalue weighted by Crippen LogP contribution is -2.23. The maximum Gasteiger partial charge on any atom is 0.229 e. The fraction of sp³-hybridized carbons (Fsp3) is 0.500. The average Bonchev–Trinajstić information content (AvgIpc) is 3.49. The van der Waals surface area contributed by atoms with E-state index in [1.165, 1.54) is 11.2 Å². The Morgan fingerprint density at radius 3 is 2.75 bits per heavy atom. The van der Waals surface area contributed by atoms with Crippen molar-refractivity contribution < 1.29 is 23.1 Å². The van der Waals surface area contributed by atoms with Gasteiger partial charge in [0.2, 0.25) is 23.4 Å². The number of carbonyl (C=O) groups excluding carboxylic acids is 1. The summed E-state index contributed by atoms with van der Waals surface area (Å²) in [4.78, 5) is 24.7. The first-order valence-corrected chi connectivity index (χ1v) is 17.1. The van der Waals surface area contributed by atoms with Gasteiger partial charge in [0, 0.05) is 39.9 Å². The van der Waals surface area contributed by atoms with Gasteiger partial charge in [-0.15, -0.1) is 15.9 Å². The molecule has 0 unspecified atom stereocenters. The number of nitrogens with zero attached hydrogens (tertiary/aromatic N) is 6. The number of carbonyl (C=O) groups is 1. The van der Waals surface area contributed by atoms with Gasteiger partial charge in [0.15, 0.2) is 5.82 Å². The minimum absolute atomic E-state index is 0.227. The van der Waals surface area contributed by atoms with Crippen molar-refractivity contribution in [3.05, 3.63) is 24.2 Å². The number of aryl methyl sites for hydroxylation is 1. The molecule has 0 atom stereocenters. The molecule has 0 spiro atoms. The minimum atomic E-state index is -3.04. The van der Waals surface area contributed by atoms with Crippen LogP contribution < -0.4 is 9.62 Å². The summed E-state index contributed by atoms with van der Waals surface area (Å²) in [6.07, 6.45) is 3.76. The summed E-state index contributed by atoms with van der Waals surface area (Å²) in [7, 11) is -4.24. The zero-order valence-corrected chi connectivity index (χ0v) is 23.0. The summed E-state index contributed by atoms with van der Waals surface area (Å²) in [6, 6.07) is 2.71. The third-order valence-corrected chi connectivity index (χ3v) is 9.18. The molecule has 0 saturated carbocycles. The van der Waals surface area contributed by atoms with Gasteiger partial charge in [0.1, 0.15) is 18.9 Å². The lowest BCUT2D eigenvalue weighted by Gasteiger charge is -2.36. The lowest BCUT2D eigenvalue weighted by molar-refractivity contribution is -0.114. The van der Waals surface area contributed by atoms with E-state index in [9.17, 15) is 13.9 Å². The molecule has 12 nitrogen and oxygen atoms in total. The van der Waals surface area contributed by atoms with Crippen LogP contribution in [-0.4, -0.2) is 66.7 Å². The van der Waals surface area contributed by atoms with E-state index in [1.54, 1.807) is 23.3 Å². The number of amides is 1. The number of anilines is 2. The minimum Gasteiger partial charge on any atom is -0.430 e. The number of rotatable bonds is 9. The van der Waals surface area contributed by atoms with Crippen LogP contribution in [0.25, 0.3) is 23.0 Å². The van der Waals surface area contributed by atoms with Crippen LogP contribution in [-0.2, 0) is 16.3 Å². The molecular weight excluding hydrogens is 502 g/mol. The summed E-state index contributed by atoms with van der Waals surface area (Å²) >= 11 is 0. The van der Waals surface area contributed by atoms with Crippen LogP contribution >= 0.6 is 10.8 Å². The molecule has 1 amide bonds. The van der Waals surface area contributed by atoms with Crippen molar-refractivity contribution in [3.63, 3.8) is 0 Å². The topological polar surface area (TPSA) is 152 Å². The number of nitrogens with one attached hydrogen (secondary N) is 1. The Morgan fingerprint density at radius 2 is 2.08 bits per heavy atom. The number of hydrogen-bond donors (Lipinski definition) is 3. The molecule has 0 aliphatic carbocycles. The smallest absolute Gasteiger partial charge is 0.229 e. The molecule has 4 rings (SSSR count). The Morgan fingerprint density at radius 1 is 1.31 bits per heavy atom. The fourth-order valence-corrected chi connectivity index (χ4v) is 5.96. The monoisotopic (exact) mass is 535 g/mol. The predicted molar refractivity (Wildman–Crippen MR) is 142 cm³/mol. The molecule has 4 heterocycles. The first-order valence-electron chi connectivity index (χ1n) is 11.7. The number of aromatic nitrogens is 5. The Kier molecular flexibility index (Phi) is 7.52.